The Hall–Kier alpha value is -4.78. The van der Waals surface area contributed by atoms with Crippen LogP contribution in [0.2, 0.25) is 0 Å². The van der Waals surface area contributed by atoms with Crippen LogP contribution in [-0.2, 0) is 23.6 Å². The first kappa shape index (κ1) is 26.8. The molecule has 0 amide bonds. The van der Waals surface area contributed by atoms with Crippen LogP contribution >= 0.6 is 0 Å². The Bertz CT molecular complexity index is 1980. The van der Waals surface area contributed by atoms with Gasteiger partial charge < -0.3 is 5.32 Å². The average Bonchev–Trinajstić information content (AvgIpc) is 3.26. The van der Waals surface area contributed by atoms with E-state index in [0.29, 0.717) is 12.1 Å². The third-order valence-corrected chi connectivity index (χ3v) is 7.61. The molecule has 0 spiro atoms. The summed E-state index contributed by atoms with van der Waals surface area (Å²) in [4.78, 5) is 4.33. The minimum atomic E-state index is -4.02. The van der Waals surface area contributed by atoms with Gasteiger partial charge in [-0.1, -0.05) is 48.0 Å². The zero-order valence-electron chi connectivity index (χ0n) is 22.1. The van der Waals surface area contributed by atoms with Crippen LogP contribution in [0.3, 0.4) is 0 Å². The molecule has 200 valence electrons. The fourth-order valence-electron chi connectivity index (χ4n) is 4.83. The van der Waals surface area contributed by atoms with Gasteiger partial charge in [-0.2, -0.15) is 18.1 Å². The molecule has 0 aliphatic carbocycles. The first-order valence-electron chi connectivity index (χ1n) is 12.7. The van der Waals surface area contributed by atoms with Crippen molar-refractivity contribution >= 4 is 43.4 Å². The molecule has 0 aliphatic heterocycles. The Balaban J connectivity index is 0.000000248. The maximum Gasteiger partial charge on any atom is 0.307 e. The van der Waals surface area contributed by atoms with Gasteiger partial charge in [0.05, 0.1) is 17.6 Å². The molecule has 0 saturated carbocycles. The number of para-hydroxylation sites is 3. The van der Waals surface area contributed by atoms with Crippen LogP contribution in [0.1, 0.15) is 16.8 Å². The zero-order valence-corrected chi connectivity index (χ0v) is 22.9. The van der Waals surface area contributed by atoms with E-state index in [1.807, 2.05) is 62.6 Å². The van der Waals surface area contributed by atoms with E-state index in [4.69, 9.17) is 4.55 Å². The second-order valence-electron chi connectivity index (χ2n) is 9.37. The molecule has 2 N–H and O–H groups in total. The number of nitrogens with zero attached hydrogens (tertiary/aromatic N) is 4. The first-order chi connectivity index (χ1) is 19.3. The van der Waals surface area contributed by atoms with Gasteiger partial charge in [0.1, 0.15) is 11.6 Å². The number of aromatic nitrogens is 3. The highest BCUT2D eigenvalue weighted by Gasteiger charge is 2.26. The minimum Gasteiger partial charge on any atom is -0.383 e. The molecule has 0 unspecified atom stereocenters. The molecule has 9 heteroatoms. The van der Waals surface area contributed by atoms with Crippen LogP contribution in [0.4, 0.5) is 5.69 Å². The van der Waals surface area contributed by atoms with E-state index in [-0.39, 0.29) is 4.90 Å². The highest BCUT2D eigenvalue weighted by Crippen LogP contribution is 2.32. The van der Waals surface area contributed by atoms with Crippen molar-refractivity contribution in [3.63, 3.8) is 0 Å². The number of imidazole rings is 1. The van der Waals surface area contributed by atoms with Crippen molar-refractivity contribution in [1.82, 2.24) is 9.38 Å². The van der Waals surface area contributed by atoms with E-state index < -0.39 is 10.1 Å². The fourth-order valence-corrected chi connectivity index (χ4v) is 5.31. The third-order valence-electron chi connectivity index (χ3n) is 6.74. The van der Waals surface area contributed by atoms with Gasteiger partial charge in [-0.05, 0) is 55.5 Å². The topological polar surface area (TPSA) is 111 Å². The van der Waals surface area contributed by atoms with Crippen LogP contribution in [0.25, 0.3) is 27.6 Å². The summed E-state index contributed by atoms with van der Waals surface area (Å²) in [6.07, 6.45) is 2.60. The Morgan fingerprint density at radius 1 is 0.950 bits per heavy atom. The molecule has 0 aliphatic rings. The largest absolute Gasteiger partial charge is 0.383 e. The van der Waals surface area contributed by atoms with Gasteiger partial charge in [-0.3, -0.25) is 9.54 Å². The van der Waals surface area contributed by atoms with E-state index in [9.17, 15) is 13.7 Å². The van der Waals surface area contributed by atoms with Crippen LogP contribution in [0.15, 0.2) is 102 Å². The van der Waals surface area contributed by atoms with Gasteiger partial charge in [0, 0.05) is 30.2 Å². The summed E-state index contributed by atoms with van der Waals surface area (Å²) in [7, 11) is -2.00. The van der Waals surface area contributed by atoms with Gasteiger partial charge in [0.15, 0.2) is 16.6 Å². The first-order valence-corrected chi connectivity index (χ1v) is 14.2. The maximum atomic E-state index is 10.5. The zero-order chi connectivity index (χ0) is 28.3. The summed E-state index contributed by atoms with van der Waals surface area (Å²) in [6, 6.07) is 30.9. The lowest BCUT2D eigenvalue weighted by Gasteiger charge is -2.11. The second kappa shape index (κ2) is 11.1. The van der Waals surface area contributed by atoms with Crippen molar-refractivity contribution in [1.29, 1.82) is 5.26 Å². The van der Waals surface area contributed by atoms with E-state index in [2.05, 4.69) is 49.6 Å². The lowest BCUT2D eigenvalue weighted by atomic mass is 10.1. The maximum absolute atomic E-state index is 10.5. The van der Waals surface area contributed by atoms with Crippen LogP contribution < -0.4 is 9.88 Å². The monoisotopic (exact) mass is 550 g/mol. The highest BCUT2D eigenvalue weighted by molar-refractivity contribution is 7.85. The van der Waals surface area contributed by atoms with Crippen molar-refractivity contribution < 1.29 is 17.5 Å². The number of pyridine rings is 2. The van der Waals surface area contributed by atoms with Crippen LogP contribution in [0, 0.1) is 18.3 Å². The number of anilines is 1. The molecule has 40 heavy (non-hydrogen) atoms. The van der Waals surface area contributed by atoms with Gasteiger partial charge in [-0.25, -0.2) is 4.57 Å². The van der Waals surface area contributed by atoms with E-state index >= 15 is 0 Å². The Labute approximate surface area is 232 Å². The summed E-state index contributed by atoms with van der Waals surface area (Å²) in [5, 5.41) is 14.7. The normalized spacial score (nSPS) is 11.2. The number of nitriles is 1. The molecule has 3 aromatic carbocycles. The molecule has 0 radical (unpaired) electrons. The van der Waals surface area contributed by atoms with Gasteiger partial charge in [-0.15, -0.1) is 0 Å². The summed E-state index contributed by atoms with van der Waals surface area (Å²) < 4.78 is 33.8. The number of hydrogen-bond donors (Lipinski definition) is 2. The molecule has 8 nitrogen and oxygen atoms in total. The van der Waals surface area contributed by atoms with Gasteiger partial charge >= 0.3 is 5.65 Å². The molecule has 3 aromatic heterocycles. The third kappa shape index (κ3) is 5.23. The fraction of sp³-hybridized carbons (Fsp3) is 0.129. The number of nitrogens with one attached hydrogen (secondary N) is 1. The number of fused-ring (bicyclic) bond motifs is 5. The lowest BCUT2D eigenvalue weighted by molar-refractivity contribution is -0.618. The molecule has 0 fully saturated rings. The number of benzene rings is 3. The molecule has 3 heterocycles. The van der Waals surface area contributed by atoms with Crippen molar-refractivity contribution in [2.75, 3.05) is 11.9 Å². The van der Waals surface area contributed by atoms with E-state index in [1.165, 1.54) is 12.1 Å². The predicted octanol–water partition coefficient (Wildman–Crippen LogP) is 5.23. The molecular weight excluding hydrogens is 522 g/mol. The van der Waals surface area contributed by atoms with Gasteiger partial charge in [0.25, 0.3) is 10.1 Å². The number of hydrogen-bond acceptors (Lipinski definition) is 5. The smallest absolute Gasteiger partial charge is 0.307 e. The van der Waals surface area contributed by atoms with E-state index in [1.54, 1.807) is 12.1 Å². The SMILES string of the molecule is C[n+]1c2ccccc2n2c3ccccc3c(NCCc3ccccn3)c(C#N)c21.Cc1ccc(S(=O)(=O)O)cc1. The molecule has 6 rings (SSSR count). The van der Waals surface area contributed by atoms with E-state index in [0.717, 1.165) is 50.9 Å². The summed E-state index contributed by atoms with van der Waals surface area (Å²) in [5.41, 5.74) is 7.69. The Morgan fingerprint density at radius 3 is 2.30 bits per heavy atom. The van der Waals surface area contributed by atoms with Crippen LogP contribution in [0.5, 0.6) is 0 Å². The summed E-state index contributed by atoms with van der Waals surface area (Å²) in [6.45, 7) is 2.55. The van der Waals surface area contributed by atoms with Crippen molar-refractivity contribution in [2.45, 2.75) is 18.2 Å². The molecular formula is C31H28N5O3S+. The summed E-state index contributed by atoms with van der Waals surface area (Å²) >= 11 is 0. The molecule has 0 bridgehead atoms. The summed E-state index contributed by atoms with van der Waals surface area (Å²) in [5.74, 6) is 0. The molecule has 0 saturated heterocycles. The number of rotatable bonds is 5. The van der Waals surface area contributed by atoms with Crippen molar-refractivity contribution in [3.8, 4) is 6.07 Å². The predicted molar refractivity (Wildman–Crippen MR) is 156 cm³/mol. The highest BCUT2D eigenvalue weighted by atomic mass is 32.2. The minimum absolute atomic E-state index is 0.0666. The second-order valence-corrected chi connectivity index (χ2v) is 10.8. The molecule has 6 aromatic rings. The average molecular weight is 551 g/mol. The van der Waals surface area contributed by atoms with Crippen molar-refractivity contribution in [3.05, 3.63) is 114 Å². The Morgan fingerprint density at radius 2 is 1.62 bits per heavy atom. The lowest BCUT2D eigenvalue weighted by Crippen LogP contribution is -2.28. The van der Waals surface area contributed by atoms with Gasteiger partial charge in [0.2, 0.25) is 0 Å². The Kier molecular flexibility index (Phi) is 7.47. The molecule has 0 atom stereocenters. The standard InChI is InChI=1S/C24H19N5.C7H8O3S/c1-28-21-11-4-5-12-22(21)29-20-10-3-2-9-18(20)23(19(16-25)24(28)29)27-15-13-17-8-6-7-14-26-17;1-6-2-4-7(5-3-6)11(8,9)10/h2-12,14H,13,15H2,1H3;2-5H,1H3,(H,8,9,10)/p+1. The number of aryl methyl sites for hydroxylation is 2. The quantitative estimate of drug-likeness (QED) is 0.225. The van der Waals surface area contributed by atoms with Crippen molar-refractivity contribution in [2.24, 2.45) is 7.05 Å². The van der Waals surface area contributed by atoms with Crippen LogP contribution in [-0.4, -0.2) is 28.9 Å².